The molecule has 158 valence electrons. The van der Waals surface area contributed by atoms with Crippen LogP contribution >= 0.6 is 0 Å². The summed E-state index contributed by atoms with van der Waals surface area (Å²) in [4.78, 5) is 26.4. The summed E-state index contributed by atoms with van der Waals surface area (Å²) in [5, 5.41) is 2.89. The first-order chi connectivity index (χ1) is 15.2. The highest BCUT2D eigenvalue weighted by atomic mass is 16.5. The number of anilines is 2. The first-order valence-electron chi connectivity index (χ1n) is 10.3. The number of carbonyl (C=O) groups is 2. The van der Waals surface area contributed by atoms with Gasteiger partial charge in [0.1, 0.15) is 11.5 Å². The Labute approximate surface area is 181 Å². The lowest BCUT2D eigenvalue weighted by Gasteiger charge is -2.29. The maximum Gasteiger partial charge on any atom is 0.265 e. The Kier molecular flexibility index (Phi) is 6.47. The van der Waals surface area contributed by atoms with E-state index in [9.17, 15) is 9.59 Å². The zero-order valence-corrected chi connectivity index (χ0v) is 17.1. The van der Waals surface area contributed by atoms with Crippen LogP contribution in [0, 0.1) is 0 Å². The molecule has 0 unspecified atom stereocenters. The molecule has 1 N–H and O–H groups in total. The maximum atomic E-state index is 12.4. The van der Waals surface area contributed by atoms with E-state index in [1.54, 1.807) is 17.0 Å². The Morgan fingerprint density at radius 2 is 1.74 bits per heavy atom. The molecule has 3 aromatic rings. The number of para-hydroxylation sites is 1. The Balaban J connectivity index is 1.33. The van der Waals surface area contributed by atoms with Gasteiger partial charge >= 0.3 is 0 Å². The molecule has 0 atom stereocenters. The van der Waals surface area contributed by atoms with Crippen LogP contribution in [-0.2, 0) is 16.1 Å². The van der Waals surface area contributed by atoms with Crippen LogP contribution < -0.4 is 19.7 Å². The monoisotopic (exact) mass is 416 g/mol. The normalized spacial score (nSPS) is 12.6. The van der Waals surface area contributed by atoms with Gasteiger partial charge in [-0.25, -0.2) is 0 Å². The Hall–Kier alpha value is -3.80. The Morgan fingerprint density at radius 3 is 2.52 bits per heavy atom. The molecule has 6 heteroatoms. The summed E-state index contributed by atoms with van der Waals surface area (Å²) in [6, 6.07) is 24.7. The second-order valence-corrected chi connectivity index (χ2v) is 7.25. The zero-order valence-electron chi connectivity index (χ0n) is 17.1. The van der Waals surface area contributed by atoms with Gasteiger partial charge < -0.3 is 19.7 Å². The van der Waals surface area contributed by atoms with Gasteiger partial charge in [0, 0.05) is 18.2 Å². The highest BCUT2D eigenvalue weighted by molar-refractivity contribution is 5.99. The van der Waals surface area contributed by atoms with Crippen molar-refractivity contribution >= 4 is 23.2 Å². The highest BCUT2D eigenvalue weighted by Crippen LogP contribution is 2.35. The molecule has 0 saturated heterocycles. The van der Waals surface area contributed by atoms with E-state index in [0.717, 1.165) is 11.3 Å². The Morgan fingerprint density at radius 1 is 1.00 bits per heavy atom. The van der Waals surface area contributed by atoms with E-state index in [1.165, 1.54) is 0 Å². The fourth-order valence-electron chi connectivity index (χ4n) is 3.38. The second-order valence-electron chi connectivity index (χ2n) is 7.25. The van der Waals surface area contributed by atoms with Crippen molar-refractivity contribution in [2.24, 2.45) is 0 Å². The molecule has 0 spiro atoms. The number of hydrogen-bond acceptors (Lipinski definition) is 4. The SMILES string of the molecule is O=C(CCCOc1ccccc1)Nc1ccc2c(c1)OCC(=O)N2Cc1ccccc1. The molecule has 0 bridgehead atoms. The van der Waals surface area contributed by atoms with E-state index in [2.05, 4.69) is 5.32 Å². The van der Waals surface area contributed by atoms with Crippen LogP contribution in [0.3, 0.4) is 0 Å². The lowest BCUT2D eigenvalue weighted by atomic mass is 10.1. The summed E-state index contributed by atoms with van der Waals surface area (Å²) in [5.41, 5.74) is 2.38. The number of fused-ring (bicyclic) bond motifs is 1. The Bertz CT molecular complexity index is 1040. The molecule has 0 aliphatic carbocycles. The van der Waals surface area contributed by atoms with Gasteiger partial charge in [0.15, 0.2) is 6.61 Å². The van der Waals surface area contributed by atoms with E-state index in [-0.39, 0.29) is 18.4 Å². The van der Waals surface area contributed by atoms with Crippen LogP contribution in [0.4, 0.5) is 11.4 Å². The predicted octanol–water partition coefficient (Wildman–Crippen LogP) is 4.41. The van der Waals surface area contributed by atoms with Gasteiger partial charge in [0.05, 0.1) is 18.8 Å². The van der Waals surface area contributed by atoms with Crippen molar-refractivity contribution in [1.82, 2.24) is 0 Å². The number of nitrogens with zero attached hydrogens (tertiary/aromatic N) is 1. The largest absolute Gasteiger partial charge is 0.494 e. The molecule has 2 amide bonds. The summed E-state index contributed by atoms with van der Waals surface area (Å²) in [6.45, 7) is 0.929. The number of ether oxygens (including phenoxy) is 2. The quantitative estimate of drug-likeness (QED) is 0.553. The lowest BCUT2D eigenvalue weighted by Crippen LogP contribution is -2.38. The summed E-state index contributed by atoms with van der Waals surface area (Å²) in [7, 11) is 0. The van der Waals surface area contributed by atoms with Crippen molar-refractivity contribution in [1.29, 1.82) is 0 Å². The van der Waals surface area contributed by atoms with Crippen molar-refractivity contribution in [3.8, 4) is 11.5 Å². The van der Waals surface area contributed by atoms with Crippen LogP contribution in [0.15, 0.2) is 78.9 Å². The topological polar surface area (TPSA) is 67.9 Å². The standard InChI is InChI=1S/C25H24N2O4/c28-24(12-7-15-30-21-10-5-2-6-11-21)26-20-13-14-22-23(16-20)31-18-25(29)27(22)17-19-8-3-1-4-9-19/h1-6,8-11,13-14,16H,7,12,15,17-18H2,(H,26,28). The molecular formula is C25H24N2O4. The molecule has 31 heavy (non-hydrogen) atoms. The fourth-order valence-corrected chi connectivity index (χ4v) is 3.38. The van der Waals surface area contributed by atoms with Crippen LogP contribution in [0.2, 0.25) is 0 Å². The van der Waals surface area contributed by atoms with Crippen molar-refractivity contribution in [2.75, 3.05) is 23.4 Å². The van der Waals surface area contributed by atoms with E-state index in [0.29, 0.717) is 43.1 Å². The number of benzene rings is 3. The van der Waals surface area contributed by atoms with Gasteiger partial charge in [-0.15, -0.1) is 0 Å². The first kappa shape index (κ1) is 20.5. The van der Waals surface area contributed by atoms with Gasteiger partial charge in [0.2, 0.25) is 5.91 Å². The average Bonchev–Trinajstić information content (AvgIpc) is 2.80. The minimum absolute atomic E-state index is 0.0198. The van der Waals surface area contributed by atoms with Gasteiger partial charge in [-0.05, 0) is 36.2 Å². The van der Waals surface area contributed by atoms with Crippen molar-refractivity contribution in [2.45, 2.75) is 19.4 Å². The first-order valence-corrected chi connectivity index (χ1v) is 10.3. The van der Waals surface area contributed by atoms with Gasteiger partial charge in [-0.2, -0.15) is 0 Å². The van der Waals surface area contributed by atoms with Gasteiger partial charge in [-0.1, -0.05) is 48.5 Å². The second kappa shape index (κ2) is 9.80. The third-order valence-corrected chi connectivity index (χ3v) is 4.93. The number of hydrogen-bond donors (Lipinski definition) is 1. The van der Waals surface area contributed by atoms with Crippen molar-refractivity contribution < 1.29 is 19.1 Å². The minimum atomic E-state index is -0.0929. The minimum Gasteiger partial charge on any atom is -0.494 e. The molecule has 3 aromatic carbocycles. The van der Waals surface area contributed by atoms with E-state index >= 15 is 0 Å². The molecular weight excluding hydrogens is 392 g/mol. The number of nitrogens with one attached hydrogen (secondary N) is 1. The number of carbonyl (C=O) groups excluding carboxylic acids is 2. The predicted molar refractivity (Wildman–Crippen MR) is 119 cm³/mol. The van der Waals surface area contributed by atoms with Gasteiger partial charge in [-0.3, -0.25) is 9.59 Å². The summed E-state index contributed by atoms with van der Waals surface area (Å²) < 4.78 is 11.2. The fraction of sp³-hybridized carbons (Fsp3) is 0.200. The third kappa shape index (κ3) is 5.42. The molecule has 0 saturated carbocycles. The van der Waals surface area contributed by atoms with Gasteiger partial charge in [0.25, 0.3) is 5.91 Å². The average molecular weight is 416 g/mol. The van der Waals surface area contributed by atoms with Crippen LogP contribution in [0.1, 0.15) is 18.4 Å². The van der Waals surface area contributed by atoms with Crippen molar-refractivity contribution in [3.63, 3.8) is 0 Å². The van der Waals surface area contributed by atoms with E-state index < -0.39 is 0 Å². The van der Waals surface area contributed by atoms with Crippen LogP contribution in [0.5, 0.6) is 11.5 Å². The molecule has 1 aliphatic heterocycles. The van der Waals surface area contributed by atoms with E-state index in [1.807, 2.05) is 66.7 Å². The zero-order chi connectivity index (χ0) is 21.5. The molecule has 0 radical (unpaired) electrons. The van der Waals surface area contributed by atoms with Crippen molar-refractivity contribution in [3.05, 3.63) is 84.4 Å². The molecule has 1 heterocycles. The third-order valence-electron chi connectivity index (χ3n) is 4.93. The summed E-state index contributed by atoms with van der Waals surface area (Å²) in [5.74, 6) is 1.20. The maximum absolute atomic E-state index is 12.4. The summed E-state index contributed by atoms with van der Waals surface area (Å²) in [6.07, 6.45) is 0.963. The lowest BCUT2D eigenvalue weighted by molar-refractivity contribution is -0.121. The summed E-state index contributed by atoms with van der Waals surface area (Å²) >= 11 is 0. The van der Waals surface area contributed by atoms with Crippen LogP contribution in [-0.4, -0.2) is 25.0 Å². The van der Waals surface area contributed by atoms with Crippen LogP contribution in [0.25, 0.3) is 0 Å². The molecule has 1 aliphatic rings. The number of rotatable bonds is 8. The van der Waals surface area contributed by atoms with E-state index in [4.69, 9.17) is 9.47 Å². The smallest absolute Gasteiger partial charge is 0.265 e. The highest BCUT2D eigenvalue weighted by Gasteiger charge is 2.26. The molecule has 0 fully saturated rings. The molecule has 0 aromatic heterocycles. The molecule has 4 rings (SSSR count). The molecule has 6 nitrogen and oxygen atoms in total. The number of amides is 2.